The molecule has 0 unspecified atom stereocenters. The van der Waals surface area contributed by atoms with Gasteiger partial charge in [0.1, 0.15) is 11.7 Å². The van der Waals surface area contributed by atoms with Gasteiger partial charge in [-0.2, -0.15) is 0 Å². The summed E-state index contributed by atoms with van der Waals surface area (Å²) in [7, 11) is 1.79. The van der Waals surface area contributed by atoms with Gasteiger partial charge in [0.2, 0.25) is 0 Å². The molecule has 4 heteroatoms. The van der Waals surface area contributed by atoms with Crippen molar-refractivity contribution in [1.82, 2.24) is 4.98 Å². The molecule has 2 aromatic rings. The summed E-state index contributed by atoms with van der Waals surface area (Å²) >= 11 is 0. The van der Waals surface area contributed by atoms with Crippen LogP contribution in [0.1, 0.15) is 5.56 Å². The van der Waals surface area contributed by atoms with Crippen molar-refractivity contribution < 1.29 is 0 Å². The van der Waals surface area contributed by atoms with Crippen LogP contribution in [0.3, 0.4) is 0 Å². The number of nitrogens with two attached hydrogens (primary N) is 1. The topological polar surface area (TPSA) is 74.8 Å². The van der Waals surface area contributed by atoms with Crippen LogP contribution in [0.5, 0.6) is 0 Å². The summed E-state index contributed by atoms with van der Waals surface area (Å²) in [5.41, 5.74) is 7.09. The number of para-hydroxylation sites is 1. The van der Waals surface area contributed by atoms with Crippen LogP contribution >= 0.6 is 0 Å². The summed E-state index contributed by atoms with van der Waals surface area (Å²) in [6.45, 7) is 0. The molecule has 0 aliphatic rings. The van der Waals surface area contributed by atoms with Gasteiger partial charge >= 0.3 is 0 Å². The molecule has 0 aliphatic heterocycles. The zero-order valence-corrected chi connectivity index (χ0v) is 8.41. The first-order valence-electron chi connectivity index (χ1n) is 4.64. The number of nitrogens with one attached hydrogen (secondary N) is 2. The van der Waals surface area contributed by atoms with Gasteiger partial charge in [0.25, 0.3) is 0 Å². The van der Waals surface area contributed by atoms with Crippen LogP contribution in [0.4, 0.5) is 5.82 Å². The van der Waals surface area contributed by atoms with Crippen molar-refractivity contribution in [3.63, 3.8) is 0 Å². The molecule has 76 valence electrons. The summed E-state index contributed by atoms with van der Waals surface area (Å²) in [5.74, 6) is 0.781. The van der Waals surface area contributed by atoms with E-state index in [1.165, 1.54) is 0 Å². The fraction of sp³-hybridized carbons (Fsp3) is 0.0909. The Morgan fingerprint density at radius 1 is 1.40 bits per heavy atom. The van der Waals surface area contributed by atoms with Crippen molar-refractivity contribution in [2.45, 2.75) is 0 Å². The molecule has 0 amide bonds. The van der Waals surface area contributed by atoms with Gasteiger partial charge in [0.15, 0.2) is 0 Å². The minimum atomic E-state index is 0.0603. The zero-order chi connectivity index (χ0) is 10.8. The van der Waals surface area contributed by atoms with E-state index in [-0.39, 0.29) is 5.84 Å². The molecule has 0 fully saturated rings. The van der Waals surface area contributed by atoms with Gasteiger partial charge in [-0.1, -0.05) is 18.2 Å². The smallest absolute Gasteiger partial charge is 0.127 e. The van der Waals surface area contributed by atoms with Gasteiger partial charge in [-0.05, 0) is 12.1 Å². The molecule has 0 bridgehead atoms. The second-order valence-electron chi connectivity index (χ2n) is 3.24. The third-order valence-corrected chi connectivity index (χ3v) is 2.26. The minimum Gasteiger partial charge on any atom is -0.384 e. The Bertz CT molecular complexity index is 519. The zero-order valence-electron chi connectivity index (χ0n) is 8.41. The third-order valence-electron chi connectivity index (χ3n) is 2.26. The van der Waals surface area contributed by atoms with E-state index >= 15 is 0 Å². The summed E-state index contributed by atoms with van der Waals surface area (Å²) < 4.78 is 0. The van der Waals surface area contributed by atoms with E-state index in [0.29, 0.717) is 5.56 Å². The molecule has 1 aromatic heterocycles. The van der Waals surface area contributed by atoms with E-state index in [9.17, 15) is 0 Å². The summed E-state index contributed by atoms with van der Waals surface area (Å²) in [6, 6.07) is 9.43. The lowest BCUT2D eigenvalue weighted by Gasteiger charge is -2.07. The number of rotatable bonds is 2. The Labute approximate surface area is 87.6 Å². The first-order valence-corrected chi connectivity index (χ1v) is 4.64. The molecule has 2 rings (SSSR count). The average molecular weight is 200 g/mol. The SMILES string of the molecule is CNc1cc(C(=N)N)c2ccccc2n1. The molecule has 4 N–H and O–H groups in total. The van der Waals surface area contributed by atoms with E-state index < -0.39 is 0 Å². The Hall–Kier alpha value is -2.10. The van der Waals surface area contributed by atoms with Gasteiger partial charge in [-0.15, -0.1) is 0 Å². The maximum absolute atomic E-state index is 7.51. The molecular formula is C11H12N4. The van der Waals surface area contributed by atoms with Gasteiger partial charge in [-0.25, -0.2) is 4.98 Å². The lowest BCUT2D eigenvalue weighted by Crippen LogP contribution is -2.12. The van der Waals surface area contributed by atoms with Crippen molar-refractivity contribution in [3.8, 4) is 0 Å². The van der Waals surface area contributed by atoms with Crippen LogP contribution in [0.25, 0.3) is 10.9 Å². The minimum absolute atomic E-state index is 0.0603. The molecular weight excluding hydrogens is 188 g/mol. The van der Waals surface area contributed by atoms with E-state index in [1.54, 1.807) is 13.1 Å². The molecule has 0 saturated carbocycles. The highest BCUT2D eigenvalue weighted by molar-refractivity contribution is 6.07. The van der Waals surface area contributed by atoms with Crippen molar-refractivity contribution in [2.24, 2.45) is 5.73 Å². The summed E-state index contributed by atoms with van der Waals surface area (Å²) in [5, 5.41) is 11.4. The molecule has 0 radical (unpaired) electrons. The largest absolute Gasteiger partial charge is 0.384 e. The fourth-order valence-corrected chi connectivity index (χ4v) is 1.53. The number of anilines is 1. The number of nitrogen functional groups attached to an aromatic ring is 1. The van der Waals surface area contributed by atoms with Crippen molar-refractivity contribution >= 4 is 22.6 Å². The number of benzene rings is 1. The predicted molar refractivity (Wildman–Crippen MR) is 62.3 cm³/mol. The van der Waals surface area contributed by atoms with E-state index in [2.05, 4.69) is 10.3 Å². The highest BCUT2D eigenvalue weighted by Gasteiger charge is 2.06. The average Bonchev–Trinajstić information content (AvgIpc) is 2.27. The van der Waals surface area contributed by atoms with Gasteiger partial charge in [0.05, 0.1) is 5.52 Å². The van der Waals surface area contributed by atoms with Gasteiger partial charge < -0.3 is 11.1 Å². The van der Waals surface area contributed by atoms with Crippen LogP contribution in [-0.4, -0.2) is 17.9 Å². The molecule has 15 heavy (non-hydrogen) atoms. The Morgan fingerprint density at radius 3 is 2.80 bits per heavy atom. The molecule has 1 heterocycles. The standard InChI is InChI=1S/C11H12N4/c1-14-10-6-8(11(12)13)7-4-2-3-5-9(7)15-10/h2-6H,1H3,(H3,12,13)(H,14,15). The fourth-order valence-electron chi connectivity index (χ4n) is 1.53. The molecule has 1 aromatic carbocycles. The number of hydrogen-bond donors (Lipinski definition) is 3. The number of fused-ring (bicyclic) bond motifs is 1. The molecule has 4 nitrogen and oxygen atoms in total. The predicted octanol–water partition coefficient (Wildman–Crippen LogP) is 1.56. The Balaban J connectivity index is 2.80. The molecule has 0 aliphatic carbocycles. The Kier molecular flexibility index (Phi) is 2.25. The second kappa shape index (κ2) is 3.57. The van der Waals surface area contributed by atoms with Crippen LogP contribution < -0.4 is 11.1 Å². The molecule has 0 atom stereocenters. The van der Waals surface area contributed by atoms with Crippen molar-refractivity contribution in [2.75, 3.05) is 12.4 Å². The van der Waals surface area contributed by atoms with Crippen molar-refractivity contribution in [1.29, 1.82) is 5.41 Å². The second-order valence-corrected chi connectivity index (χ2v) is 3.24. The van der Waals surface area contributed by atoms with E-state index in [0.717, 1.165) is 16.7 Å². The highest BCUT2D eigenvalue weighted by atomic mass is 15.0. The quantitative estimate of drug-likeness (QED) is 0.508. The van der Waals surface area contributed by atoms with Gasteiger partial charge in [-0.3, -0.25) is 5.41 Å². The first kappa shape index (κ1) is 9.45. The third kappa shape index (κ3) is 1.61. The number of pyridine rings is 1. The van der Waals surface area contributed by atoms with Crippen LogP contribution in [0, 0.1) is 5.41 Å². The maximum atomic E-state index is 7.51. The van der Waals surface area contributed by atoms with Crippen LogP contribution in [0.2, 0.25) is 0 Å². The van der Waals surface area contributed by atoms with Crippen LogP contribution in [-0.2, 0) is 0 Å². The highest BCUT2D eigenvalue weighted by Crippen LogP contribution is 2.19. The molecule has 0 spiro atoms. The van der Waals surface area contributed by atoms with Crippen molar-refractivity contribution in [3.05, 3.63) is 35.9 Å². The number of aromatic nitrogens is 1. The first-order chi connectivity index (χ1) is 7.22. The van der Waals surface area contributed by atoms with E-state index in [1.807, 2.05) is 24.3 Å². The lowest BCUT2D eigenvalue weighted by atomic mass is 10.1. The normalized spacial score (nSPS) is 10.2. The number of amidine groups is 1. The maximum Gasteiger partial charge on any atom is 0.127 e. The van der Waals surface area contributed by atoms with Gasteiger partial charge in [0, 0.05) is 18.0 Å². The molecule has 0 saturated heterocycles. The summed E-state index contributed by atoms with van der Waals surface area (Å²) in [6.07, 6.45) is 0. The lowest BCUT2D eigenvalue weighted by molar-refractivity contribution is 1.33. The Morgan fingerprint density at radius 2 is 2.13 bits per heavy atom. The van der Waals surface area contributed by atoms with Crippen LogP contribution in [0.15, 0.2) is 30.3 Å². The number of hydrogen-bond acceptors (Lipinski definition) is 3. The number of nitrogens with zero attached hydrogens (tertiary/aromatic N) is 1. The summed E-state index contributed by atoms with van der Waals surface area (Å²) in [4.78, 5) is 4.37. The van der Waals surface area contributed by atoms with E-state index in [4.69, 9.17) is 11.1 Å². The monoisotopic (exact) mass is 200 g/mol.